The molecule has 0 bridgehead atoms. The third kappa shape index (κ3) is 5.65. The van der Waals surface area contributed by atoms with Crippen molar-refractivity contribution in [2.75, 3.05) is 6.54 Å². The maximum absolute atomic E-state index is 5.98. The molecule has 0 atom stereocenters. The highest BCUT2D eigenvalue weighted by Gasteiger charge is 2.10. The molecular weight excluding hydrogens is 306 g/mol. The van der Waals surface area contributed by atoms with Crippen LogP contribution < -0.4 is 5.32 Å². The van der Waals surface area contributed by atoms with Gasteiger partial charge in [0, 0.05) is 22.9 Å². The number of rotatable bonds is 6. The summed E-state index contributed by atoms with van der Waals surface area (Å²) in [5.41, 5.74) is 1.26. The van der Waals surface area contributed by atoms with E-state index in [0.29, 0.717) is 0 Å². The van der Waals surface area contributed by atoms with Crippen molar-refractivity contribution in [1.82, 2.24) is 25.5 Å². The number of thioether (sulfide) groups is 1. The lowest BCUT2D eigenvalue weighted by Crippen LogP contribution is -2.38. The first-order valence-corrected chi connectivity index (χ1v) is 8.19. The summed E-state index contributed by atoms with van der Waals surface area (Å²) in [6.45, 7) is 8.01. The molecule has 0 radical (unpaired) electrons. The van der Waals surface area contributed by atoms with Gasteiger partial charge in [0.05, 0.1) is 6.54 Å². The zero-order valence-electron chi connectivity index (χ0n) is 12.5. The zero-order valence-corrected chi connectivity index (χ0v) is 14.1. The largest absolute Gasteiger partial charge is 0.310 e. The standard InChI is InChI=1S/C14H20ClN5S/c1-14(2,3)16-7-8-20-13(17-18-19-20)21-10-11-5-4-6-12(15)9-11/h4-6,9,16H,7-8,10H2,1-3H3. The van der Waals surface area contributed by atoms with Crippen molar-refractivity contribution in [3.8, 4) is 0 Å². The summed E-state index contributed by atoms with van der Waals surface area (Å²) in [5, 5.41) is 16.9. The van der Waals surface area contributed by atoms with Gasteiger partial charge in [0.2, 0.25) is 5.16 Å². The highest BCUT2D eigenvalue weighted by atomic mass is 35.5. The molecule has 1 aromatic carbocycles. The van der Waals surface area contributed by atoms with Gasteiger partial charge < -0.3 is 5.32 Å². The molecule has 5 nitrogen and oxygen atoms in total. The average molecular weight is 326 g/mol. The van der Waals surface area contributed by atoms with E-state index in [2.05, 4.69) is 41.6 Å². The molecule has 1 heterocycles. The summed E-state index contributed by atoms with van der Waals surface area (Å²) in [5.74, 6) is 0.799. The maximum Gasteiger partial charge on any atom is 0.209 e. The smallest absolute Gasteiger partial charge is 0.209 e. The number of hydrogen-bond acceptors (Lipinski definition) is 5. The number of halogens is 1. The van der Waals surface area contributed by atoms with E-state index in [-0.39, 0.29) is 5.54 Å². The second-order valence-corrected chi connectivity index (χ2v) is 7.16. The monoisotopic (exact) mass is 325 g/mol. The molecule has 0 unspecified atom stereocenters. The molecule has 1 aromatic heterocycles. The maximum atomic E-state index is 5.98. The van der Waals surface area contributed by atoms with Gasteiger partial charge in [-0.1, -0.05) is 35.5 Å². The minimum absolute atomic E-state index is 0.0993. The molecule has 7 heteroatoms. The zero-order chi connectivity index (χ0) is 15.3. The minimum Gasteiger partial charge on any atom is -0.310 e. The summed E-state index contributed by atoms with van der Waals surface area (Å²) < 4.78 is 1.83. The third-order valence-electron chi connectivity index (χ3n) is 2.73. The fraction of sp³-hybridized carbons (Fsp3) is 0.500. The number of tetrazole rings is 1. The molecule has 114 valence electrons. The number of nitrogens with one attached hydrogen (secondary N) is 1. The molecule has 21 heavy (non-hydrogen) atoms. The van der Waals surface area contributed by atoms with Crippen molar-refractivity contribution in [1.29, 1.82) is 0 Å². The number of hydrogen-bond donors (Lipinski definition) is 1. The SMILES string of the molecule is CC(C)(C)NCCn1nnnc1SCc1cccc(Cl)c1. The van der Waals surface area contributed by atoms with E-state index >= 15 is 0 Å². The van der Waals surface area contributed by atoms with Crippen molar-refractivity contribution in [3.63, 3.8) is 0 Å². The van der Waals surface area contributed by atoms with Crippen LogP contribution in [0, 0.1) is 0 Å². The normalized spacial score (nSPS) is 11.8. The van der Waals surface area contributed by atoms with Crippen molar-refractivity contribution in [2.24, 2.45) is 0 Å². The first-order chi connectivity index (χ1) is 9.94. The van der Waals surface area contributed by atoms with E-state index in [0.717, 1.165) is 34.6 Å². The molecule has 0 saturated heterocycles. The molecule has 0 aliphatic carbocycles. The van der Waals surface area contributed by atoms with E-state index in [1.807, 2.05) is 28.9 Å². The molecule has 0 aliphatic heterocycles. The van der Waals surface area contributed by atoms with E-state index in [9.17, 15) is 0 Å². The number of aromatic nitrogens is 4. The Balaban J connectivity index is 1.88. The van der Waals surface area contributed by atoms with E-state index in [1.165, 1.54) is 0 Å². The van der Waals surface area contributed by atoms with Crippen LogP contribution in [-0.2, 0) is 12.3 Å². The van der Waals surface area contributed by atoms with Crippen LogP contribution in [-0.4, -0.2) is 32.3 Å². The molecule has 0 fully saturated rings. The highest BCUT2D eigenvalue weighted by Crippen LogP contribution is 2.21. The molecule has 2 rings (SSSR count). The van der Waals surface area contributed by atoms with Gasteiger partial charge in [0.15, 0.2) is 0 Å². The Morgan fingerprint density at radius 2 is 2.14 bits per heavy atom. The lowest BCUT2D eigenvalue weighted by molar-refractivity contribution is 0.396. The van der Waals surface area contributed by atoms with E-state index in [1.54, 1.807) is 11.8 Å². The Hall–Kier alpha value is -1.11. The molecular formula is C14H20ClN5S. The molecule has 2 aromatic rings. The fourth-order valence-corrected chi connectivity index (χ4v) is 2.81. The summed E-state index contributed by atoms with van der Waals surface area (Å²) in [6, 6.07) is 7.84. The Kier molecular flexibility index (Phi) is 5.61. The molecule has 0 amide bonds. The van der Waals surface area contributed by atoms with Gasteiger partial charge >= 0.3 is 0 Å². The topological polar surface area (TPSA) is 55.6 Å². The first kappa shape index (κ1) is 16.3. The average Bonchev–Trinajstić information content (AvgIpc) is 2.82. The van der Waals surface area contributed by atoms with Crippen LogP contribution in [0.1, 0.15) is 26.3 Å². The van der Waals surface area contributed by atoms with Gasteiger partial charge in [-0.2, -0.15) is 0 Å². The van der Waals surface area contributed by atoms with Gasteiger partial charge in [0.1, 0.15) is 0 Å². The van der Waals surface area contributed by atoms with Crippen molar-refractivity contribution in [3.05, 3.63) is 34.9 Å². The minimum atomic E-state index is 0.0993. The van der Waals surface area contributed by atoms with Crippen molar-refractivity contribution >= 4 is 23.4 Å². The summed E-state index contributed by atoms with van der Waals surface area (Å²) in [4.78, 5) is 0. The quantitative estimate of drug-likeness (QED) is 0.827. The number of benzene rings is 1. The Morgan fingerprint density at radius 3 is 2.86 bits per heavy atom. The lowest BCUT2D eigenvalue weighted by atomic mass is 10.1. The third-order valence-corrected chi connectivity index (χ3v) is 4.00. The second kappa shape index (κ2) is 7.24. The summed E-state index contributed by atoms with van der Waals surface area (Å²) >= 11 is 7.60. The van der Waals surface area contributed by atoms with Crippen molar-refractivity contribution in [2.45, 2.75) is 43.8 Å². The molecule has 0 aliphatic rings. The van der Waals surface area contributed by atoms with E-state index < -0.39 is 0 Å². The predicted octanol–water partition coefficient (Wildman–Crippen LogP) is 3.01. The molecule has 1 N–H and O–H groups in total. The first-order valence-electron chi connectivity index (χ1n) is 6.82. The molecule has 0 saturated carbocycles. The van der Waals surface area contributed by atoms with Gasteiger partial charge in [-0.15, -0.1) is 5.10 Å². The second-order valence-electron chi connectivity index (χ2n) is 5.78. The Labute approximate surface area is 134 Å². The number of nitrogens with zero attached hydrogens (tertiary/aromatic N) is 4. The van der Waals surface area contributed by atoms with Crippen LogP contribution in [0.5, 0.6) is 0 Å². The summed E-state index contributed by atoms with van der Waals surface area (Å²) in [7, 11) is 0. The van der Waals surface area contributed by atoms with Crippen LogP contribution in [0.2, 0.25) is 5.02 Å². The van der Waals surface area contributed by atoms with Crippen LogP contribution in [0.4, 0.5) is 0 Å². The highest BCUT2D eigenvalue weighted by molar-refractivity contribution is 7.98. The Bertz CT molecular complexity index is 579. The van der Waals surface area contributed by atoms with Crippen molar-refractivity contribution < 1.29 is 0 Å². The molecule has 0 spiro atoms. The fourth-order valence-electron chi connectivity index (χ4n) is 1.75. The predicted molar refractivity (Wildman–Crippen MR) is 86.6 cm³/mol. The van der Waals surface area contributed by atoms with Gasteiger partial charge in [0.25, 0.3) is 0 Å². The van der Waals surface area contributed by atoms with Crippen LogP contribution in [0.3, 0.4) is 0 Å². The van der Waals surface area contributed by atoms with Gasteiger partial charge in [-0.3, -0.25) is 0 Å². The Morgan fingerprint density at radius 1 is 1.33 bits per heavy atom. The van der Waals surface area contributed by atoms with Crippen LogP contribution in [0.15, 0.2) is 29.4 Å². The van der Waals surface area contributed by atoms with E-state index in [4.69, 9.17) is 11.6 Å². The summed E-state index contributed by atoms with van der Waals surface area (Å²) in [6.07, 6.45) is 0. The van der Waals surface area contributed by atoms with Gasteiger partial charge in [-0.05, 0) is 48.9 Å². The van der Waals surface area contributed by atoms with Crippen LogP contribution in [0.25, 0.3) is 0 Å². The van der Waals surface area contributed by atoms with Crippen LogP contribution >= 0.6 is 23.4 Å². The lowest BCUT2D eigenvalue weighted by Gasteiger charge is -2.20. The van der Waals surface area contributed by atoms with Gasteiger partial charge in [-0.25, -0.2) is 4.68 Å².